The molecule has 0 aliphatic rings. The number of nitrogens with one attached hydrogen (secondary N) is 1. The van der Waals surface area contributed by atoms with Gasteiger partial charge in [-0.2, -0.15) is 4.98 Å². The topological polar surface area (TPSA) is 94.3 Å². The highest BCUT2D eigenvalue weighted by atomic mass is 32.2. The lowest BCUT2D eigenvalue weighted by atomic mass is 10.3. The molecule has 100 valence electrons. The predicted octanol–water partition coefficient (Wildman–Crippen LogP) is 1.56. The number of nitrogens with two attached hydrogens (primary N) is 1. The summed E-state index contributed by atoms with van der Waals surface area (Å²) in [7, 11) is -3.20. The Labute approximate surface area is 111 Å². The maximum absolute atomic E-state index is 11.3. The van der Waals surface area contributed by atoms with E-state index in [-0.39, 0.29) is 4.90 Å². The average Bonchev–Trinajstić information content (AvgIpc) is 2.38. The first-order chi connectivity index (χ1) is 8.99. The number of ether oxygens (including phenoxy) is 1. The second-order valence-electron chi connectivity index (χ2n) is 3.85. The molecule has 0 aliphatic heterocycles. The summed E-state index contributed by atoms with van der Waals surface area (Å²) < 4.78 is 28.1. The molecule has 0 spiro atoms. The van der Waals surface area contributed by atoms with E-state index in [9.17, 15) is 8.42 Å². The van der Waals surface area contributed by atoms with E-state index < -0.39 is 9.84 Å². The summed E-state index contributed by atoms with van der Waals surface area (Å²) in [5.41, 5.74) is 2.41. The van der Waals surface area contributed by atoms with Crippen LogP contribution < -0.4 is 16.0 Å². The van der Waals surface area contributed by atoms with E-state index in [1.54, 1.807) is 30.3 Å². The minimum absolute atomic E-state index is 0.241. The summed E-state index contributed by atoms with van der Waals surface area (Å²) in [6, 6.07) is 11.2. The zero-order valence-corrected chi connectivity index (χ0v) is 11.0. The van der Waals surface area contributed by atoms with Crippen LogP contribution in [0.2, 0.25) is 0 Å². The van der Waals surface area contributed by atoms with Crippen molar-refractivity contribution in [1.82, 2.24) is 4.98 Å². The molecule has 0 atom stereocenters. The molecule has 2 rings (SSSR count). The molecule has 0 saturated carbocycles. The molecule has 19 heavy (non-hydrogen) atoms. The zero-order chi connectivity index (χ0) is 13.9. The second-order valence-corrected chi connectivity index (χ2v) is 5.87. The summed E-state index contributed by atoms with van der Waals surface area (Å²) in [5.74, 6) is 6.58. The molecule has 7 heteroatoms. The van der Waals surface area contributed by atoms with Crippen molar-refractivity contribution in [3.63, 3.8) is 0 Å². The van der Waals surface area contributed by atoms with Crippen LogP contribution in [0, 0.1) is 0 Å². The van der Waals surface area contributed by atoms with Crippen molar-refractivity contribution in [2.45, 2.75) is 4.90 Å². The minimum Gasteiger partial charge on any atom is -0.439 e. The molecule has 1 aromatic heterocycles. The van der Waals surface area contributed by atoms with Crippen molar-refractivity contribution < 1.29 is 13.2 Å². The third kappa shape index (κ3) is 3.43. The van der Waals surface area contributed by atoms with Gasteiger partial charge in [0.2, 0.25) is 5.88 Å². The monoisotopic (exact) mass is 279 g/mol. The Morgan fingerprint density at radius 3 is 2.42 bits per heavy atom. The van der Waals surface area contributed by atoms with Crippen molar-refractivity contribution in [2.75, 3.05) is 11.7 Å². The third-order valence-corrected chi connectivity index (χ3v) is 3.47. The predicted molar refractivity (Wildman–Crippen MR) is 71.7 cm³/mol. The van der Waals surface area contributed by atoms with Gasteiger partial charge < -0.3 is 10.2 Å². The number of nitrogen functional groups attached to an aromatic ring is 1. The highest BCUT2D eigenvalue weighted by molar-refractivity contribution is 7.90. The quantitative estimate of drug-likeness (QED) is 0.651. The number of nitrogens with zero attached hydrogens (tertiary/aromatic N) is 1. The van der Waals surface area contributed by atoms with Gasteiger partial charge in [0.15, 0.2) is 9.84 Å². The van der Waals surface area contributed by atoms with Crippen molar-refractivity contribution in [3.8, 4) is 11.6 Å². The van der Waals surface area contributed by atoms with Gasteiger partial charge in [0.05, 0.1) is 4.90 Å². The van der Waals surface area contributed by atoms with Crippen LogP contribution in [0.15, 0.2) is 47.4 Å². The number of benzene rings is 1. The van der Waals surface area contributed by atoms with Crippen LogP contribution in [0.5, 0.6) is 11.6 Å². The van der Waals surface area contributed by atoms with Gasteiger partial charge in [-0.1, -0.05) is 6.07 Å². The van der Waals surface area contributed by atoms with Crippen LogP contribution in [-0.2, 0) is 9.84 Å². The van der Waals surface area contributed by atoms with Crippen molar-refractivity contribution in [3.05, 3.63) is 42.5 Å². The smallest absolute Gasteiger partial charge is 0.221 e. The number of sulfone groups is 1. The fourth-order valence-electron chi connectivity index (χ4n) is 1.43. The molecule has 0 unspecified atom stereocenters. The fourth-order valence-corrected chi connectivity index (χ4v) is 2.06. The van der Waals surface area contributed by atoms with Gasteiger partial charge in [-0.15, -0.1) is 0 Å². The Morgan fingerprint density at radius 2 is 1.84 bits per heavy atom. The summed E-state index contributed by atoms with van der Waals surface area (Å²) in [4.78, 5) is 4.32. The van der Waals surface area contributed by atoms with Crippen LogP contribution in [-0.4, -0.2) is 19.7 Å². The number of aromatic nitrogens is 1. The number of pyridine rings is 1. The van der Waals surface area contributed by atoms with Crippen molar-refractivity contribution in [1.29, 1.82) is 0 Å². The highest BCUT2D eigenvalue weighted by Gasteiger charge is 2.07. The van der Waals surface area contributed by atoms with Crippen molar-refractivity contribution in [2.24, 2.45) is 5.84 Å². The first-order valence-electron chi connectivity index (χ1n) is 5.41. The maximum atomic E-state index is 11.3. The Bertz CT molecular complexity index is 669. The van der Waals surface area contributed by atoms with Crippen LogP contribution in [0.25, 0.3) is 0 Å². The molecule has 0 radical (unpaired) electrons. The maximum Gasteiger partial charge on any atom is 0.221 e. The first kappa shape index (κ1) is 13.3. The van der Waals surface area contributed by atoms with Gasteiger partial charge in [0, 0.05) is 12.3 Å². The lowest BCUT2D eigenvalue weighted by Crippen LogP contribution is -2.08. The van der Waals surface area contributed by atoms with E-state index >= 15 is 0 Å². The second kappa shape index (κ2) is 5.25. The number of hydrogen-bond acceptors (Lipinski definition) is 6. The van der Waals surface area contributed by atoms with Gasteiger partial charge in [-0.05, 0) is 30.3 Å². The summed E-state index contributed by atoms with van der Waals surface area (Å²) in [6.07, 6.45) is 1.15. The molecular formula is C12H13N3O3S. The largest absolute Gasteiger partial charge is 0.439 e. The molecule has 0 bridgehead atoms. The van der Waals surface area contributed by atoms with E-state index in [1.807, 2.05) is 0 Å². The molecule has 2 aromatic rings. The molecule has 0 saturated heterocycles. The third-order valence-electron chi connectivity index (χ3n) is 2.35. The summed E-state index contributed by atoms with van der Waals surface area (Å²) >= 11 is 0. The zero-order valence-electron chi connectivity index (χ0n) is 10.2. The van der Waals surface area contributed by atoms with Crippen LogP contribution in [0.4, 0.5) is 5.82 Å². The molecule has 0 fully saturated rings. The summed E-state index contributed by atoms with van der Waals surface area (Å²) in [6.45, 7) is 0. The van der Waals surface area contributed by atoms with Crippen LogP contribution >= 0.6 is 0 Å². The van der Waals surface area contributed by atoms with Crippen LogP contribution in [0.1, 0.15) is 0 Å². The lowest BCUT2D eigenvalue weighted by Gasteiger charge is -2.06. The fraction of sp³-hybridized carbons (Fsp3) is 0.0833. The molecular weight excluding hydrogens is 266 g/mol. The lowest BCUT2D eigenvalue weighted by molar-refractivity contribution is 0.463. The van der Waals surface area contributed by atoms with E-state index in [0.29, 0.717) is 17.4 Å². The van der Waals surface area contributed by atoms with Gasteiger partial charge in [-0.3, -0.25) is 0 Å². The Kier molecular flexibility index (Phi) is 3.68. The molecule has 1 aromatic carbocycles. The Hall–Kier alpha value is -2.12. The molecule has 6 nitrogen and oxygen atoms in total. The van der Waals surface area contributed by atoms with E-state index in [2.05, 4.69) is 10.4 Å². The van der Waals surface area contributed by atoms with Gasteiger partial charge >= 0.3 is 0 Å². The molecule has 0 aliphatic carbocycles. The number of hydrazine groups is 1. The number of hydrogen-bond donors (Lipinski definition) is 2. The normalized spacial score (nSPS) is 11.1. The first-order valence-corrected chi connectivity index (χ1v) is 7.30. The highest BCUT2D eigenvalue weighted by Crippen LogP contribution is 2.22. The van der Waals surface area contributed by atoms with E-state index in [4.69, 9.17) is 10.6 Å². The summed E-state index contributed by atoms with van der Waals surface area (Å²) in [5, 5.41) is 0. The molecule has 1 heterocycles. The Morgan fingerprint density at radius 1 is 1.16 bits per heavy atom. The van der Waals surface area contributed by atoms with E-state index in [0.717, 1.165) is 6.26 Å². The molecule has 3 N–H and O–H groups in total. The number of rotatable bonds is 4. The average molecular weight is 279 g/mol. The van der Waals surface area contributed by atoms with Gasteiger partial charge in [-0.25, -0.2) is 14.3 Å². The number of anilines is 1. The van der Waals surface area contributed by atoms with E-state index in [1.165, 1.54) is 12.1 Å². The Balaban J connectivity index is 2.19. The minimum atomic E-state index is -3.20. The standard InChI is InChI=1S/C12H13N3O3S/c1-19(16,17)10-7-5-9(6-8-10)18-12-4-2-3-11(14-12)15-13/h2-8H,13H2,1H3,(H,14,15). The SMILES string of the molecule is CS(=O)(=O)c1ccc(Oc2cccc(NN)n2)cc1. The van der Waals surface area contributed by atoms with Crippen molar-refractivity contribution >= 4 is 15.7 Å². The van der Waals surface area contributed by atoms with Crippen LogP contribution in [0.3, 0.4) is 0 Å². The van der Waals surface area contributed by atoms with Gasteiger partial charge in [0.1, 0.15) is 11.6 Å². The van der Waals surface area contributed by atoms with Gasteiger partial charge in [0.25, 0.3) is 0 Å². The molecule has 0 amide bonds.